The number of aromatic nitrogens is 3. The maximum Gasteiger partial charge on any atom is 0.411 e. The van der Waals surface area contributed by atoms with Gasteiger partial charge in [-0.25, -0.2) is 9.78 Å². The van der Waals surface area contributed by atoms with Crippen LogP contribution in [0.25, 0.3) is 27.8 Å². The van der Waals surface area contributed by atoms with Crippen molar-refractivity contribution in [2.24, 2.45) is 0 Å². The van der Waals surface area contributed by atoms with E-state index in [4.69, 9.17) is 4.98 Å². The summed E-state index contributed by atoms with van der Waals surface area (Å²) in [6, 6.07) is 11.1. The molecular formula is C20H16N4O3. The fourth-order valence-electron chi connectivity index (χ4n) is 3.10. The van der Waals surface area contributed by atoms with E-state index in [1.54, 1.807) is 22.7 Å². The fraction of sp³-hybridized carbons (Fsp3) is 0.100. The van der Waals surface area contributed by atoms with Crippen molar-refractivity contribution in [3.05, 3.63) is 60.0 Å². The predicted molar refractivity (Wildman–Crippen MR) is 102 cm³/mol. The standard InChI is InChI=1S/C20H16N4O3/c1-12-4-3-8-21-17(12)18-16(11-25)24-9-7-13-5-6-14(22-20(26)27-2)10-15(13)19(24)23-18/h3-11H,1-2H3,(H,22,26). The molecule has 0 fully saturated rings. The molecule has 3 heterocycles. The number of hydrogen-bond acceptors (Lipinski definition) is 5. The molecule has 7 heteroatoms. The second kappa shape index (κ2) is 6.53. The summed E-state index contributed by atoms with van der Waals surface area (Å²) in [5, 5.41) is 4.38. The van der Waals surface area contributed by atoms with Crippen LogP contribution in [0.4, 0.5) is 10.5 Å². The van der Waals surface area contributed by atoms with Crippen LogP contribution in [-0.4, -0.2) is 33.9 Å². The molecule has 1 aromatic carbocycles. The molecule has 7 nitrogen and oxygen atoms in total. The number of imidazole rings is 1. The van der Waals surface area contributed by atoms with Crippen LogP contribution < -0.4 is 5.32 Å². The Labute approximate surface area is 154 Å². The molecule has 1 amide bonds. The molecule has 0 radical (unpaired) electrons. The number of nitrogens with one attached hydrogen (secondary N) is 1. The van der Waals surface area contributed by atoms with Gasteiger partial charge >= 0.3 is 6.09 Å². The molecule has 0 atom stereocenters. The van der Waals surface area contributed by atoms with Crippen LogP contribution in [-0.2, 0) is 4.74 Å². The van der Waals surface area contributed by atoms with E-state index in [1.807, 2.05) is 37.4 Å². The van der Waals surface area contributed by atoms with Gasteiger partial charge in [0.05, 0.1) is 12.8 Å². The van der Waals surface area contributed by atoms with Crippen molar-refractivity contribution in [2.75, 3.05) is 12.4 Å². The number of benzene rings is 1. The highest BCUT2D eigenvalue weighted by Gasteiger charge is 2.18. The Bertz CT molecular complexity index is 1200. The zero-order valence-electron chi connectivity index (χ0n) is 14.8. The second-order valence-corrected chi connectivity index (χ2v) is 6.06. The Hall–Kier alpha value is -3.74. The van der Waals surface area contributed by atoms with Crippen LogP contribution in [0.3, 0.4) is 0 Å². The fourth-order valence-corrected chi connectivity index (χ4v) is 3.10. The van der Waals surface area contributed by atoms with Crippen LogP contribution >= 0.6 is 0 Å². The number of pyridine rings is 2. The Kier molecular flexibility index (Phi) is 4.04. The molecule has 0 bridgehead atoms. The largest absolute Gasteiger partial charge is 0.453 e. The molecule has 0 aliphatic carbocycles. The number of aryl methyl sites for hydroxylation is 1. The summed E-state index contributed by atoms with van der Waals surface area (Å²) in [5.41, 5.74) is 3.75. The third-order valence-electron chi connectivity index (χ3n) is 4.42. The topological polar surface area (TPSA) is 85.6 Å². The van der Waals surface area contributed by atoms with E-state index in [-0.39, 0.29) is 0 Å². The Morgan fingerprint density at radius 3 is 2.81 bits per heavy atom. The van der Waals surface area contributed by atoms with E-state index < -0.39 is 6.09 Å². The molecular weight excluding hydrogens is 344 g/mol. The number of carbonyl (C=O) groups excluding carboxylic acids is 2. The zero-order valence-corrected chi connectivity index (χ0v) is 14.8. The SMILES string of the molecule is COC(=O)Nc1ccc2ccn3c(C=O)c(-c4ncccc4C)nc3c2c1. The van der Waals surface area contributed by atoms with Gasteiger partial charge in [-0.05, 0) is 42.1 Å². The summed E-state index contributed by atoms with van der Waals surface area (Å²) >= 11 is 0. The minimum atomic E-state index is -0.553. The molecule has 134 valence electrons. The molecule has 4 rings (SSSR count). The highest BCUT2D eigenvalue weighted by molar-refractivity contribution is 6.00. The molecule has 0 unspecified atom stereocenters. The summed E-state index contributed by atoms with van der Waals surface area (Å²) in [5.74, 6) is 0. The number of nitrogens with zero attached hydrogens (tertiary/aromatic N) is 3. The summed E-state index contributed by atoms with van der Waals surface area (Å²) in [6.45, 7) is 1.93. The number of methoxy groups -OCH3 is 1. The van der Waals surface area contributed by atoms with Crippen molar-refractivity contribution in [3.63, 3.8) is 0 Å². The first-order valence-electron chi connectivity index (χ1n) is 8.29. The molecule has 0 saturated carbocycles. The molecule has 0 aliphatic rings. The van der Waals surface area contributed by atoms with Gasteiger partial charge in [0.1, 0.15) is 17.0 Å². The smallest absolute Gasteiger partial charge is 0.411 e. The van der Waals surface area contributed by atoms with Gasteiger partial charge in [-0.2, -0.15) is 0 Å². The highest BCUT2D eigenvalue weighted by atomic mass is 16.5. The van der Waals surface area contributed by atoms with E-state index in [1.165, 1.54) is 7.11 Å². The number of rotatable bonds is 3. The van der Waals surface area contributed by atoms with Gasteiger partial charge in [0.2, 0.25) is 0 Å². The first kappa shape index (κ1) is 16.7. The van der Waals surface area contributed by atoms with Gasteiger partial charge in [0.15, 0.2) is 6.29 Å². The predicted octanol–water partition coefficient (Wildman–Crippen LogP) is 3.85. The highest BCUT2D eigenvalue weighted by Crippen LogP contribution is 2.29. The number of fused-ring (bicyclic) bond motifs is 3. The van der Waals surface area contributed by atoms with Crippen molar-refractivity contribution < 1.29 is 14.3 Å². The number of carbonyl (C=O) groups is 2. The zero-order chi connectivity index (χ0) is 19.0. The Morgan fingerprint density at radius 1 is 1.22 bits per heavy atom. The van der Waals surface area contributed by atoms with Crippen molar-refractivity contribution >= 4 is 34.5 Å². The van der Waals surface area contributed by atoms with Crippen LogP contribution in [0.15, 0.2) is 48.8 Å². The molecule has 3 aromatic heterocycles. The van der Waals surface area contributed by atoms with Crippen LogP contribution in [0, 0.1) is 6.92 Å². The van der Waals surface area contributed by atoms with Crippen molar-refractivity contribution in [1.29, 1.82) is 0 Å². The number of ether oxygens (including phenoxy) is 1. The van der Waals surface area contributed by atoms with Gasteiger partial charge in [0, 0.05) is 23.5 Å². The first-order valence-corrected chi connectivity index (χ1v) is 8.29. The van der Waals surface area contributed by atoms with Crippen molar-refractivity contribution in [1.82, 2.24) is 14.4 Å². The normalized spacial score (nSPS) is 10.9. The van der Waals surface area contributed by atoms with Crippen LogP contribution in [0.2, 0.25) is 0 Å². The number of aldehydes is 1. The van der Waals surface area contributed by atoms with Gasteiger partial charge in [-0.15, -0.1) is 0 Å². The van der Waals surface area contributed by atoms with E-state index >= 15 is 0 Å². The third-order valence-corrected chi connectivity index (χ3v) is 4.42. The minimum Gasteiger partial charge on any atom is -0.453 e. The first-order chi connectivity index (χ1) is 13.1. The lowest BCUT2D eigenvalue weighted by Crippen LogP contribution is -2.10. The summed E-state index contributed by atoms with van der Waals surface area (Å²) < 4.78 is 6.38. The van der Waals surface area contributed by atoms with E-state index in [0.29, 0.717) is 28.4 Å². The molecule has 0 aliphatic heterocycles. The van der Waals surface area contributed by atoms with Gasteiger partial charge in [-0.3, -0.25) is 19.5 Å². The van der Waals surface area contributed by atoms with Gasteiger partial charge in [-0.1, -0.05) is 12.1 Å². The molecule has 0 spiro atoms. The average Bonchev–Trinajstić information content (AvgIpc) is 3.07. The maximum absolute atomic E-state index is 11.8. The lowest BCUT2D eigenvalue weighted by Gasteiger charge is -2.06. The van der Waals surface area contributed by atoms with E-state index in [9.17, 15) is 9.59 Å². The lowest BCUT2D eigenvalue weighted by atomic mass is 10.1. The van der Waals surface area contributed by atoms with Crippen molar-refractivity contribution in [3.8, 4) is 11.4 Å². The summed E-state index contributed by atoms with van der Waals surface area (Å²) in [7, 11) is 1.31. The van der Waals surface area contributed by atoms with E-state index in [2.05, 4.69) is 15.0 Å². The van der Waals surface area contributed by atoms with Crippen LogP contribution in [0.1, 0.15) is 16.1 Å². The molecule has 27 heavy (non-hydrogen) atoms. The monoisotopic (exact) mass is 360 g/mol. The average molecular weight is 360 g/mol. The maximum atomic E-state index is 11.8. The Balaban J connectivity index is 1.99. The molecule has 0 saturated heterocycles. The number of amides is 1. The molecule has 4 aromatic rings. The third kappa shape index (κ3) is 2.79. The number of anilines is 1. The minimum absolute atomic E-state index is 0.431. The van der Waals surface area contributed by atoms with Crippen molar-refractivity contribution in [2.45, 2.75) is 6.92 Å². The second-order valence-electron chi connectivity index (χ2n) is 6.06. The summed E-state index contributed by atoms with van der Waals surface area (Å²) in [4.78, 5) is 32.4. The Morgan fingerprint density at radius 2 is 2.07 bits per heavy atom. The quantitative estimate of drug-likeness (QED) is 0.561. The number of hydrogen-bond donors (Lipinski definition) is 1. The van der Waals surface area contributed by atoms with E-state index in [0.717, 1.165) is 22.6 Å². The lowest BCUT2D eigenvalue weighted by molar-refractivity contribution is 0.111. The summed E-state index contributed by atoms with van der Waals surface area (Å²) in [6.07, 6.45) is 3.72. The van der Waals surface area contributed by atoms with Gasteiger partial charge < -0.3 is 4.74 Å². The van der Waals surface area contributed by atoms with Crippen LogP contribution in [0.5, 0.6) is 0 Å². The molecule has 1 N–H and O–H groups in total. The van der Waals surface area contributed by atoms with Gasteiger partial charge in [0.25, 0.3) is 0 Å².